The predicted molar refractivity (Wildman–Crippen MR) is 168 cm³/mol. The highest BCUT2D eigenvalue weighted by Gasteiger charge is 2.51. The number of amides is 2. The molecule has 0 aliphatic carbocycles. The quantitative estimate of drug-likeness (QED) is 0.380. The summed E-state index contributed by atoms with van der Waals surface area (Å²) in [6, 6.07) is 8.86. The van der Waals surface area contributed by atoms with Gasteiger partial charge in [0.15, 0.2) is 12.9 Å². The summed E-state index contributed by atoms with van der Waals surface area (Å²) in [7, 11) is 0. The number of fused-ring (bicyclic) bond motifs is 2. The van der Waals surface area contributed by atoms with Crippen molar-refractivity contribution in [1.82, 2.24) is 9.88 Å². The Bertz CT molecular complexity index is 1650. The summed E-state index contributed by atoms with van der Waals surface area (Å²) in [5.41, 5.74) is 1.52. The fourth-order valence-corrected chi connectivity index (χ4v) is 7.39. The van der Waals surface area contributed by atoms with E-state index in [0.29, 0.717) is 41.1 Å². The van der Waals surface area contributed by atoms with Gasteiger partial charge in [-0.3, -0.25) is 14.7 Å². The van der Waals surface area contributed by atoms with Gasteiger partial charge in [0.1, 0.15) is 11.4 Å². The van der Waals surface area contributed by atoms with Gasteiger partial charge in [-0.15, -0.1) is 11.3 Å². The normalized spacial score (nSPS) is 23.5. The third-order valence-electron chi connectivity index (χ3n) is 8.39. The Kier molecular flexibility index (Phi) is 8.47. The Morgan fingerprint density at radius 2 is 2.09 bits per heavy atom. The van der Waals surface area contributed by atoms with Gasteiger partial charge in [0, 0.05) is 41.4 Å². The first-order valence-electron chi connectivity index (χ1n) is 15.2. The molecule has 2 amide bonds. The van der Waals surface area contributed by atoms with E-state index in [-0.39, 0.29) is 38.6 Å². The number of pyridine rings is 1. The molecule has 0 bridgehead atoms. The minimum Gasteiger partial charge on any atom is -0.481 e. The average Bonchev–Trinajstić information content (AvgIpc) is 3.60. The number of aliphatic hydroxyl groups is 1. The van der Waals surface area contributed by atoms with E-state index in [4.69, 9.17) is 18.9 Å². The van der Waals surface area contributed by atoms with E-state index in [2.05, 4.69) is 11.1 Å². The molecule has 1 N–H and O–H groups in total. The molecule has 3 aliphatic rings. The molecular formula is C33H38N4O7S. The van der Waals surface area contributed by atoms with Crippen LogP contribution >= 0.6 is 11.3 Å². The van der Waals surface area contributed by atoms with Crippen LogP contribution in [0.1, 0.15) is 63.8 Å². The standard InChI is InChI=1S/C33H38N4O7S/c1-32(2,3)44-31(40)36-16-21(14-33(36,4)19-43-28-7-5-6-10-41-28)37-27(39)18-42-26-12-20(15-34)11-24(29(26)37)23-8-9-35-25-13-22(17-38)45-30(23)25/h8-9,11-13,21,28,38H,5-7,10,14,16-19H2,1-4H3/t21-,28?,33+/m0/s1. The van der Waals surface area contributed by atoms with Crippen LogP contribution < -0.4 is 9.64 Å². The lowest BCUT2D eigenvalue weighted by molar-refractivity contribution is -0.177. The lowest BCUT2D eigenvalue weighted by Gasteiger charge is -2.37. The number of anilines is 1. The van der Waals surface area contributed by atoms with Crippen LogP contribution in [0.25, 0.3) is 21.3 Å². The molecule has 11 nitrogen and oxygen atoms in total. The second-order valence-electron chi connectivity index (χ2n) is 13.0. The fourth-order valence-electron chi connectivity index (χ4n) is 6.38. The average molecular weight is 635 g/mol. The molecule has 0 radical (unpaired) electrons. The minimum absolute atomic E-state index is 0.125. The number of nitrogens with zero attached hydrogens (tertiary/aromatic N) is 4. The molecule has 238 valence electrons. The number of rotatable bonds is 6. The SMILES string of the molecule is CC(C)(C)OC(=O)N1C[C@@H](N2C(=O)COc3cc(C#N)cc(-c4ccnc5cc(CO)sc45)c32)C[C@]1(C)COC1CCCCO1. The van der Waals surface area contributed by atoms with Crippen LogP contribution in [0, 0.1) is 11.3 Å². The van der Waals surface area contributed by atoms with Gasteiger partial charge in [0.05, 0.1) is 52.3 Å². The highest BCUT2D eigenvalue weighted by molar-refractivity contribution is 7.19. The van der Waals surface area contributed by atoms with Gasteiger partial charge in [0.25, 0.3) is 5.91 Å². The third-order valence-corrected chi connectivity index (χ3v) is 9.53. The van der Waals surface area contributed by atoms with E-state index in [0.717, 1.165) is 34.4 Å². The second kappa shape index (κ2) is 12.2. The lowest BCUT2D eigenvalue weighted by Crippen LogP contribution is -2.50. The smallest absolute Gasteiger partial charge is 0.410 e. The number of carbonyl (C=O) groups is 2. The van der Waals surface area contributed by atoms with Crippen LogP contribution in [-0.2, 0) is 25.6 Å². The van der Waals surface area contributed by atoms with Crippen LogP contribution in [0.4, 0.5) is 10.5 Å². The first-order valence-corrected chi connectivity index (χ1v) is 16.1. The highest BCUT2D eigenvalue weighted by atomic mass is 32.1. The maximum absolute atomic E-state index is 13.8. The molecule has 2 fully saturated rings. The number of hydrogen-bond donors (Lipinski definition) is 1. The Labute approximate surface area is 266 Å². The fraction of sp³-hybridized carbons (Fsp3) is 0.515. The first-order chi connectivity index (χ1) is 21.5. The van der Waals surface area contributed by atoms with Crippen molar-refractivity contribution in [2.24, 2.45) is 0 Å². The summed E-state index contributed by atoms with van der Waals surface area (Å²) in [4.78, 5) is 36.1. The van der Waals surface area contributed by atoms with Crippen molar-refractivity contribution in [2.45, 2.75) is 83.5 Å². The second-order valence-corrected chi connectivity index (χ2v) is 14.2. The van der Waals surface area contributed by atoms with Crippen molar-refractivity contribution in [1.29, 1.82) is 5.26 Å². The molecule has 3 aliphatic heterocycles. The van der Waals surface area contributed by atoms with Crippen molar-refractivity contribution < 1.29 is 33.6 Å². The number of thiophene rings is 1. The molecule has 3 aromatic rings. The molecule has 5 heterocycles. The molecule has 12 heteroatoms. The number of aromatic nitrogens is 1. The van der Waals surface area contributed by atoms with Gasteiger partial charge < -0.3 is 29.0 Å². The zero-order valence-electron chi connectivity index (χ0n) is 26.0. The molecule has 2 saturated heterocycles. The number of ether oxygens (including phenoxy) is 4. The van der Waals surface area contributed by atoms with E-state index in [1.54, 1.807) is 28.1 Å². The Morgan fingerprint density at radius 3 is 2.80 bits per heavy atom. The first kappa shape index (κ1) is 31.2. The minimum atomic E-state index is -0.799. The Balaban J connectivity index is 1.42. The van der Waals surface area contributed by atoms with Gasteiger partial charge in [-0.05, 0) is 71.6 Å². The van der Waals surface area contributed by atoms with Gasteiger partial charge >= 0.3 is 6.09 Å². The summed E-state index contributed by atoms with van der Waals surface area (Å²) < 4.78 is 24.7. The maximum atomic E-state index is 13.8. The Hall–Kier alpha value is -3.76. The van der Waals surface area contributed by atoms with Crippen molar-refractivity contribution >= 4 is 39.2 Å². The summed E-state index contributed by atoms with van der Waals surface area (Å²) in [6.45, 7) is 8.17. The van der Waals surface area contributed by atoms with Crippen LogP contribution in [0.15, 0.2) is 30.5 Å². The van der Waals surface area contributed by atoms with Crippen molar-refractivity contribution in [3.8, 4) is 22.9 Å². The monoisotopic (exact) mass is 634 g/mol. The maximum Gasteiger partial charge on any atom is 0.410 e. The van der Waals surface area contributed by atoms with Gasteiger partial charge in [0.2, 0.25) is 0 Å². The summed E-state index contributed by atoms with van der Waals surface area (Å²) in [5.74, 6) is 0.160. The highest BCUT2D eigenvalue weighted by Crippen LogP contribution is 2.48. The van der Waals surface area contributed by atoms with E-state index >= 15 is 0 Å². The number of carbonyl (C=O) groups excluding carboxylic acids is 2. The number of benzene rings is 1. The van der Waals surface area contributed by atoms with Crippen LogP contribution in [0.2, 0.25) is 0 Å². The molecule has 0 spiro atoms. The van der Waals surface area contributed by atoms with E-state index < -0.39 is 23.3 Å². The molecule has 6 rings (SSSR count). The molecule has 2 aromatic heterocycles. The summed E-state index contributed by atoms with van der Waals surface area (Å²) in [5, 5.41) is 19.7. The lowest BCUT2D eigenvalue weighted by atomic mass is 9.94. The van der Waals surface area contributed by atoms with Gasteiger partial charge in [-0.1, -0.05) is 0 Å². The molecule has 0 saturated carbocycles. The number of hydrogen-bond acceptors (Lipinski definition) is 10. The van der Waals surface area contributed by atoms with E-state index in [1.807, 2.05) is 39.8 Å². The number of nitriles is 1. The number of likely N-dealkylation sites (tertiary alicyclic amines) is 1. The van der Waals surface area contributed by atoms with Crippen LogP contribution in [0.3, 0.4) is 0 Å². The third kappa shape index (κ3) is 6.22. The largest absolute Gasteiger partial charge is 0.481 e. The zero-order chi connectivity index (χ0) is 31.9. The zero-order valence-corrected chi connectivity index (χ0v) is 26.8. The summed E-state index contributed by atoms with van der Waals surface area (Å²) in [6.07, 6.45) is 4.06. The van der Waals surface area contributed by atoms with E-state index in [9.17, 15) is 20.0 Å². The molecular weight excluding hydrogens is 596 g/mol. The predicted octanol–water partition coefficient (Wildman–Crippen LogP) is 5.36. The molecule has 1 aromatic carbocycles. The molecule has 3 atom stereocenters. The van der Waals surface area contributed by atoms with Crippen molar-refractivity contribution in [2.75, 3.05) is 31.3 Å². The van der Waals surface area contributed by atoms with Gasteiger partial charge in [-0.2, -0.15) is 5.26 Å². The Morgan fingerprint density at radius 1 is 1.27 bits per heavy atom. The van der Waals surface area contributed by atoms with Gasteiger partial charge in [-0.25, -0.2) is 4.79 Å². The van der Waals surface area contributed by atoms with Crippen LogP contribution in [-0.4, -0.2) is 76.8 Å². The van der Waals surface area contributed by atoms with Crippen molar-refractivity contribution in [3.05, 3.63) is 40.9 Å². The molecule has 45 heavy (non-hydrogen) atoms. The van der Waals surface area contributed by atoms with Crippen molar-refractivity contribution in [3.63, 3.8) is 0 Å². The van der Waals surface area contributed by atoms with E-state index in [1.165, 1.54) is 11.3 Å². The molecule has 1 unspecified atom stereocenters. The van der Waals surface area contributed by atoms with Crippen LogP contribution in [0.5, 0.6) is 5.75 Å². The number of aliphatic hydroxyl groups excluding tert-OH is 1. The summed E-state index contributed by atoms with van der Waals surface area (Å²) >= 11 is 1.41. The topological polar surface area (TPSA) is 134 Å².